The molecule has 0 aromatic carbocycles. The summed E-state index contributed by atoms with van der Waals surface area (Å²) in [5.74, 6) is -0.160. The molecule has 9 heteroatoms. The second kappa shape index (κ2) is 10.2. The van der Waals surface area contributed by atoms with Crippen LogP contribution in [-0.2, 0) is 18.9 Å². The van der Waals surface area contributed by atoms with E-state index < -0.39 is 0 Å². The molecule has 0 fully saturated rings. The van der Waals surface area contributed by atoms with Crippen LogP contribution >= 0.6 is 0 Å². The number of ketones is 1. The van der Waals surface area contributed by atoms with Gasteiger partial charge in [0.05, 0.1) is 32.2 Å². The van der Waals surface area contributed by atoms with E-state index in [0.717, 1.165) is 5.06 Å². The van der Waals surface area contributed by atoms with Crippen LogP contribution in [0.15, 0.2) is 25.0 Å². The first-order valence-electron chi connectivity index (χ1n) is 6.14. The number of amides is 1. The standard InChI is InChI=1S/C7H11N3O2.C6H8N2O.CH4.FH.H2/c1-9-5-8-4-6(9)7(11)10(2)12-3;1-5(9)6-3-7-4-8(6)2;;;/h4-5H,1-3H3;3-4H,1-2H3;1H4;2*1H/i;;;;1+2. The highest BCUT2D eigenvalue weighted by atomic mass is 19.0. The molecule has 2 aromatic heterocycles. The molecule has 0 aliphatic heterocycles. The van der Waals surface area contributed by atoms with Crippen LogP contribution < -0.4 is 0 Å². The summed E-state index contributed by atoms with van der Waals surface area (Å²) in [5, 5.41) is 1.15. The van der Waals surface area contributed by atoms with Crippen LogP contribution in [0.25, 0.3) is 0 Å². The van der Waals surface area contributed by atoms with Crippen molar-refractivity contribution < 1.29 is 20.6 Å². The lowest BCUT2D eigenvalue weighted by Gasteiger charge is -2.12. The summed E-state index contributed by atoms with van der Waals surface area (Å²) in [4.78, 5) is 34.4. The number of Topliss-reactive ketones (excluding diaryl/α,β-unsaturated/α-hetero) is 1. The van der Waals surface area contributed by atoms with Crippen LogP contribution in [0, 0.1) is 0 Å². The monoisotopic (exact) mass is 333 g/mol. The van der Waals surface area contributed by atoms with Crippen LogP contribution in [-0.4, -0.2) is 50.0 Å². The van der Waals surface area contributed by atoms with Gasteiger partial charge in [0, 0.05) is 29.5 Å². The zero-order valence-electron chi connectivity index (χ0n) is 13.2. The third kappa shape index (κ3) is 5.99. The van der Waals surface area contributed by atoms with E-state index in [2.05, 4.69) is 9.97 Å². The molecular weight excluding hydrogens is 305 g/mol. The van der Waals surface area contributed by atoms with Gasteiger partial charge in [-0.05, 0) is 0 Å². The number of aryl methyl sites for hydroxylation is 2. The molecule has 0 spiro atoms. The highest BCUT2D eigenvalue weighted by Gasteiger charge is 2.13. The van der Waals surface area contributed by atoms with E-state index in [1.807, 2.05) is 0 Å². The molecule has 2 aromatic rings. The largest absolute Gasteiger partial charge is 0.331 e. The van der Waals surface area contributed by atoms with E-state index >= 15 is 0 Å². The molecule has 0 aliphatic rings. The van der Waals surface area contributed by atoms with Gasteiger partial charge in [-0.25, -0.2) is 15.0 Å². The number of hydrogen-bond acceptors (Lipinski definition) is 5. The zero-order chi connectivity index (χ0) is 16.0. The number of aromatic nitrogens is 4. The van der Waals surface area contributed by atoms with Crippen LogP contribution in [0.1, 0.15) is 36.8 Å². The Kier molecular flexibility index (Phi) is 10.1. The maximum atomic E-state index is 11.4. The van der Waals surface area contributed by atoms with E-state index in [9.17, 15) is 9.59 Å². The number of carbonyl (C=O) groups excluding carboxylic acids is 2. The van der Waals surface area contributed by atoms with E-state index in [4.69, 9.17) is 4.84 Å². The Labute approximate surface area is 136 Å². The minimum absolute atomic E-state index is 0. The number of carbonyl (C=O) groups is 2. The van der Waals surface area contributed by atoms with Crippen molar-refractivity contribution in [3.8, 4) is 0 Å². The van der Waals surface area contributed by atoms with Crippen LogP contribution in [0.3, 0.4) is 0 Å². The van der Waals surface area contributed by atoms with Crippen LogP contribution in [0.2, 0.25) is 0 Å². The quantitative estimate of drug-likeness (QED) is 0.631. The normalized spacial score (nSPS) is 8.91. The van der Waals surface area contributed by atoms with E-state index in [0.29, 0.717) is 11.4 Å². The molecular formula is C14H26FN5O3. The van der Waals surface area contributed by atoms with Crippen molar-refractivity contribution >= 4 is 11.7 Å². The molecule has 2 heterocycles. The lowest BCUT2D eigenvalue weighted by atomic mass is 10.3. The van der Waals surface area contributed by atoms with Crippen molar-refractivity contribution in [1.29, 1.82) is 0 Å². The first-order chi connectivity index (χ1) is 9.88. The maximum absolute atomic E-state index is 11.4. The summed E-state index contributed by atoms with van der Waals surface area (Å²) >= 11 is 0. The first kappa shape index (κ1) is 22.7. The SMILES string of the molecule is C.CC(=O)c1cncn1C.CON(C)C(=O)c1cncn1C.F.[3HH]. The minimum atomic E-state index is -0.211. The number of hydroxylamine groups is 2. The van der Waals surface area contributed by atoms with Gasteiger partial charge in [0.15, 0.2) is 5.78 Å². The number of halogens is 1. The van der Waals surface area contributed by atoms with Crippen molar-refractivity contribution in [2.45, 2.75) is 14.4 Å². The van der Waals surface area contributed by atoms with Gasteiger partial charge in [-0.3, -0.25) is 19.1 Å². The third-order valence-corrected chi connectivity index (χ3v) is 2.77. The van der Waals surface area contributed by atoms with Crippen molar-refractivity contribution in [1.82, 2.24) is 24.2 Å². The van der Waals surface area contributed by atoms with Gasteiger partial charge in [0.1, 0.15) is 11.4 Å². The zero-order valence-corrected chi connectivity index (χ0v) is 13.2. The van der Waals surface area contributed by atoms with Gasteiger partial charge < -0.3 is 9.13 Å². The molecule has 0 atom stereocenters. The molecule has 0 unspecified atom stereocenters. The molecule has 1 amide bonds. The predicted molar refractivity (Wildman–Crippen MR) is 86.9 cm³/mol. The summed E-state index contributed by atoms with van der Waals surface area (Å²) in [6.45, 7) is 1.52. The Morgan fingerprint density at radius 2 is 1.57 bits per heavy atom. The summed E-state index contributed by atoms with van der Waals surface area (Å²) in [5.41, 5.74) is 1.15. The van der Waals surface area contributed by atoms with Gasteiger partial charge in [0.2, 0.25) is 0 Å². The summed E-state index contributed by atoms with van der Waals surface area (Å²) < 4.78 is 3.33. The Hall–Kier alpha value is -2.55. The van der Waals surface area contributed by atoms with E-state index in [-0.39, 0.29) is 25.2 Å². The lowest BCUT2D eigenvalue weighted by molar-refractivity contribution is -0.0762. The fourth-order valence-electron chi connectivity index (χ4n) is 1.50. The molecule has 132 valence electrons. The second-order valence-electron chi connectivity index (χ2n) is 4.32. The molecule has 0 radical (unpaired) electrons. The number of imidazole rings is 2. The maximum Gasteiger partial charge on any atom is 0.295 e. The van der Waals surface area contributed by atoms with Crippen LogP contribution in [0.5, 0.6) is 0 Å². The minimum Gasteiger partial charge on any atom is -0.331 e. The van der Waals surface area contributed by atoms with Crippen molar-refractivity contribution in [3.63, 3.8) is 0 Å². The van der Waals surface area contributed by atoms with Gasteiger partial charge >= 0.3 is 0 Å². The lowest BCUT2D eigenvalue weighted by Crippen LogP contribution is -2.26. The van der Waals surface area contributed by atoms with Gasteiger partial charge in [-0.1, -0.05) is 7.43 Å². The van der Waals surface area contributed by atoms with Gasteiger partial charge in [-0.15, -0.1) is 0 Å². The number of nitrogens with zero attached hydrogens (tertiary/aromatic N) is 5. The van der Waals surface area contributed by atoms with Gasteiger partial charge in [-0.2, -0.15) is 0 Å². The number of rotatable bonds is 3. The highest BCUT2D eigenvalue weighted by Crippen LogP contribution is 2.00. The predicted octanol–water partition coefficient (Wildman–Crippen LogP) is 1.71. The Morgan fingerprint density at radius 3 is 1.83 bits per heavy atom. The van der Waals surface area contributed by atoms with Crippen LogP contribution in [0.4, 0.5) is 4.70 Å². The molecule has 0 saturated carbocycles. The molecule has 23 heavy (non-hydrogen) atoms. The average Bonchev–Trinajstić information content (AvgIpc) is 3.06. The van der Waals surface area contributed by atoms with Crippen molar-refractivity contribution in [2.24, 2.45) is 14.1 Å². The fourth-order valence-corrected chi connectivity index (χ4v) is 1.50. The average molecular weight is 333 g/mol. The van der Waals surface area contributed by atoms with Crippen molar-refractivity contribution in [2.75, 3.05) is 14.2 Å². The Morgan fingerprint density at radius 1 is 1.13 bits per heavy atom. The molecule has 0 bridgehead atoms. The summed E-state index contributed by atoms with van der Waals surface area (Å²) in [7, 11) is 6.54. The molecule has 0 N–H and O–H groups in total. The van der Waals surface area contributed by atoms with E-state index in [1.54, 1.807) is 49.1 Å². The van der Waals surface area contributed by atoms with Crippen molar-refractivity contribution in [3.05, 3.63) is 36.4 Å². The highest BCUT2D eigenvalue weighted by molar-refractivity contribution is 5.92. The fraction of sp³-hybridized carbons (Fsp3) is 0.429. The Bertz CT molecular complexity index is 629. The summed E-state index contributed by atoms with van der Waals surface area (Å²) in [6.07, 6.45) is 6.23. The smallest absolute Gasteiger partial charge is 0.295 e. The molecule has 8 nitrogen and oxygen atoms in total. The third-order valence-electron chi connectivity index (χ3n) is 2.77. The Balaban J connectivity index is -0.000000336. The second-order valence-corrected chi connectivity index (χ2v) is 4.32. The van der Waals surface area contributed by atoms with Gasteiger partial charge in [0.25, 0.3) is 5.91 Å². The van der Waals surface area contributed by atoms with E-state index in [1.165, 1.54) is 20.2 Å². The molecule has 0 saturated heterocycles. The molecule has 2 rings (SSSR count). The topological polar surface area (TPSA) is 82.2 Å². The number of hydrogen-bond donors (Lipinski definition) is 0. The molecule has 0 aliphatic carbocycles. The first-order valence-corrected chi connectivity index (χ1v) is 6.14. The summed E-state index contributed by atoms with van der Waals surface area (Å²) in [6, 6.07) is 0.